The van der Waals surface area contributed by atoms with E-state index in [4.69, 9.17) is 15.5 Å². The van der Waals surface area contributed by atoms with Gasteiger partial charge in [0.15, 0.2) is 0 Å². The Kier molecular flexibility index (Phi) is 10.4. The highest BCUT2D eigenvalue weighted by molar-refractivity contribution is 8.02. The second-order valence-corrected chi connectivity index (χ2v) is 9.63. The number of nitrogens with zero attached hydrogens (tertiary/aromatic N) is 3. The van der Waals surface area contributed by atoms with Crippen molar-refractivity contribution < 1.29 is 37.6 Å². The fourth-order valence-corrected chi connectivity index (χ4v) is 4.06. The van der Waals surface area contributed by atoms with Gasteiger partial charge in [-0.2, -0.15) is 0 Å². The average Bonchev–Trinajstić information content (AvgIpc) is 2.74. The fraction of sp³-hybridized carbons (Fsp3) is 0.238. The number of carbonyl (C=O) groups excluding carboxylic acids is 1. The molecule has 0 atom stereocenters. The van der Waals surface area contributed by atoms with Crippen LogP contribution >= 0.6 is 19.2 Å². The number of halogens is 2. The summed E-state index contributed by atoms with van der Waals surface area (Å²) in [6.45, 7) is 2.82. The van der Waals surface area contributed by atoms with Crippen LogP contribution in [0.15, 0.2) is 41.1 Å². The van der Waals surface area contributed by atoms with Crippen LogP contribution in [0.3, 0.4) is 0 Å². The predicted molar refractivity (Wildman–Crippen MR) is 130 cm³/mol. The molecular formula is C21H25F2N4O6PS. The van der Waals surface area contributed by atoms with Crippen LogP contribution in [0, 0.1) is 18.6 Å². The van der Waals surface area contributed by atoms with Crippen molar-refractivity contribution in [2.75, 3.05) is 12.3 Å². The van der Waals surface area contributed by atoms with Gasteiger partial charge in [0.2, 0.25) is 6.41 Å². The zero-order valence-electron chi connectivity index (χ0n) is 18.8. The Morgan fingerprint density at radius 2 is 1.94 bits per heavy atom. The quantitative estimate of drug-likeness (QED) is 0.0967. The van der Waals surface area contributed by atoms with E-state index < -0.39 is 26.1 Å². The first-order valence-corrected chi connectivity index (χ1v) is 12.4. The van der Waals surface area contributed by atoms with E-state index in [0.29, 0.717) is 34.5 Å². The third kappa shape index (κ3) is 9.76. The highest BCUT2D eigenvalue weighted by Gasteiger charge is 2.16. The maximum Gasteiger partial charge on any atom is 0.469 e. The van der Waals surface area contributed by atoms with E-state index in [0.717, 1.165) is 12.1 Å². The molecule has 0 fully saturated rings. The highest BCUT2D eigenvalue weighted by Crippen LogP contribution is 2.36. The van der Waals surface area contributed by atoms with Gasteiger partial charge in [-0.05, 0) is 37.6 Å². The molecular weight excluding hydrogens is 505 g/mol. The van der Waals surface area contributed by atoms with Gasteiger partial charge in [0.05, 0.1) is 18.2 Å². The Balaban J connectivity index is 2.37. The fourth-order valence-electron chi connectivity index (χ4n) is 2.82. The van der Waals surface area contributed by atoms with Crippen molar-refractivity contribution in [3.63, 3.8) is 0 Å². The number of nitrogen functional groups attached to an aromatic ring is 1. The summed E-state index contributed by atoms with van der Waals surface area (Å²) in [5.74, 6) is -0.933. The van der Waals surface area contributed by atoms with Crippen LogP contribution in [0.25, 0.3) is 6.08 Å². The molecule has 14 heteroatoms. The van der Waals surface area contributed by atoms with Gasteiger partial charge >= 0.3 is 7.82 Å². The van der Waals surface area contributed by atoms with Gasteiger partial charge < -0.3 is 25.5 Å². The van der Waals surface area contributed by atoms with Gasteiger partial charge in [-0.25, -0.2) is 23.3 Å². The van der Waals surface area contributed by atoms with Gasteiger partial charge in [-0.3, -0.25) is 9.32 Å². The number of allylic oxidation sites excluding steroid dienone is 1. The van der Waals surface area contributed by atoms with E-state index in [2.05, 4.69) is 14.5 Å². The standard InChI is InChI=1S/C21H25F2N4O6PS/c1-13(27(12-28)11-16-10-25-14(2)26-21(16)24)19(5-6-33-34(30,31)32)35-20(29)4-3-15-7-17(22)9-18(23)8-15/h3-4,7-10,12,29,35H,5-6,11H2,1-2H3,(H2,24,25,26)(H2,30,31,32)/b4-3+,19-13-. The first-order valence-electron chi connectivity index (χ1n) is 9.99. The van der Waals surface area contributed by atoms with E-state index in [1.54, 1.807) is 13.8 Å². The molecule has 1 amide bonds. The normalized spacial score (nSPS) is 13.4. The topological polar surface area (TPSA) is 159 Å². The third-order valence-electron chi connectivity index (χ3n) is 4.49. The monoisotopic (exact) mass is 530 g/mol. The molecule has 10 nitrogen and oxygen atoms in total. The number of hydrogen-bond donors (Lipinski definition) is 5. The van der Waals surface area contributed by atoms with Crippen molar-refractivity contribution in [3.05, 3.63) is 69.7 Å². The second-order valence-electron chi connectivity index (χ2n) is 7.17. The first-order chi connectivity index (χ1) is 16.4. The lowest BCUT2D eigenvalue weighted by atomic mass is 10.2. The first kappa shape index (κ1) is 28.4. The molecule has 190 valence electrons. The number of phosphoric acid groups is 1. The van der Waals surface area contributed by atoms with Gasteiger partial charge in [-0.15, -0.1) is 11.4 Å². The molecule has 0 bridgehead atoms. The van der Waals surface area contributed by atoms with E-state index in [-0.39, 0.29) is 40.7 Å². The zero-order valence-corrected chi connectivity index (χ0v) is 20.6. The number of phosphoric ester groups is 1. The number of carbonyl (C=O) groups is 1. The number of benzene rings is 1. The molecule has 1 aromatic heterocycles. The molecule has 0 radical (unpaired) electrons. The van der Waals surface area contributed by atoms with E-state index in [1.807, 2.05) is 0 Å². The Bertz CT molecular complexity index is 1200. The average molecular weight is 530 g/mol. The number of aryl methyl sites for hydroxylation is 1. The molecule has 35 heavy (non-hydrogen) atoms. The molecule has 0 aliphatic heterocycles. The maximum absolute atomic E-state index is 13.4. The molecule has 0 saturated heterocycles. The molecule has 0 spiro atoms. The molecule has 2 aromatic rings. The van der Waals surface area contributed by atoms with Crippen molar-refractivity contribution in [1.29, 1.82) is 0 Å². The van der Waals surface area contributed by atoms with Gasteiger partial charge in [0, 0.05) is 34.8 Å². The summed E-state index contributed by atoms with van der Waals surface area (Å²) < 4.78 is 42.3. The molecule has 5 N–H and O–H groups in total. The third-order valence-corrected chi connectivity index (χ3v) is 6.21. The minimum Gasteiger partial charge on any atom is -0.383 e. The summed E-state index contributed by atoms with van der Waals surface area (Å²) >= 11 is 0.162. The Morgan fingerprint density at radius 1 is 1.29 bits per heavy atom. The number of thiol groups is 1. The predicted octanol–water partition coefficient (Wildman–Crippen LogP) is 3.20. The Hall–Kier alpha value is -2.80. The van der Waals surface area contributed by atoms with Gasteiger partial charge in [0.1, 0.15) is 23.3 Å². The number of aromatic nitrogens is 2. The van der Waals surface area contributed by atoms with Gasteiger partial charge in [-0.1, -0.05) is 6.08 Å². The molecule has 0 unspecified atom stereocenters. The summed E-state index contributed by atoms with van der Waals surface area (Å²) in [7, 11) is -4.74. The smallest absolute Gasteiger partial charge is 0.383 e. The maximum atomic E-state index is 13.4. The molecule has 2 rings (SSSR count). The molecule has 0 aliphatic carbocycles. The van der Waals surface area contributed by atoms with Crippen LogP contribution in [-0.4, -0.2) is 47.8 Å². The molecule has 0 saturated carbocycles. The van der Waals surface area contributed by atoms with Crippen LogP contribution < -0.4 is 5.73 Å². The van der Waals surface area contributed by atoms with Crippen molar-refractivity contribution in [1.82, 2.24) is 14.9 Å². The molecule has 1 heterocycles. The number of amides is 1. The summed E-state index contributed by atoms with van der Waals surface area (Å²) in [5, 5.41) is 10.1. The number of hydrogen-bond acceptors (Lipinski definition) is 6. The van der Waals surface area contributed by atoms with Crippen molar-refractivity contribution in [2.45, 2.75) is 26.8 Å². The van der Waals surface area contributed by atoms with Gasteiger partial charge in [0.25, 0.3) is 0 Å². The zero-order chi connectivity index (χ0) is 26.2. The summed E-state index contributed by atoms with van der Waals surface area (Å²) in [5.41, 5.74) is 6.89. The van der Waals surface area contributed by atoms with Crippen molar-refractivity contribution >= 4 is 42.5 Å². The second kappa shape index (κ2) is 12.8. The van der Waals surface area contributed by atoms with Crippen molar-refractivity contribution in [2.24, 2.45) is 0 Å². The number of aliphatic hydroxyl groups excluding tert-OH is 1. The van der Waals surface area contributed by atoms with Crippen LogP contribution in [0.4, 0.5) is 14.6 Å². The largest absolute Gasteiger partial charge is 0.469 e. The number of anilines is 1. The summed E-state index contributed by atoms with van der Waals surface area (Å²) in [4.78, 5) is 39.5. The van der Waals surface area contributed by atoms with E-state index in [9.17, 15) is 23.2 Å². The lowest BCUT2D eigenvalue weighted by Gasteiger charge is -2.21. The lowest BCUT2D eigenvalue weighted by molar-refractivity contribution is -0.116. The van der Waals surface area contributed by atoms with E-state index >= 15 is 0 Å². The minimum absolute atomic E-state index is 0.00100. The SMILES string of the molecule is C/C(=C(CCOP(=O)(O)O)/[SH]=C(O)\C=C\c1cc(F)cc(F)c1)N(C=O)Cc1cnc(C)nc1N. The lowest BCUT2D eigenvalue weighted by Crippen LogP contribution is -2.22. The highest BCUT2D eigenvalue weighted by atomic mass is 32.1. The van der Waals surface area contributed by atoms with Crippen molar-refractivity contribution in [3.8, 4) is 0 Å². The van der Waals surface area contributed by atoms with E-state index in [1.165, 1.54) is 23.2 Å². The Labute approximate surface area is 204 Å². The van der Waals surface area contributed by atoms with Crippen LogP contribution in [0.5, 0.6) is 0 Å². The van der Waals surface area contributed by atoms with Crippen LogP contribution in [0.2, 0.25) is 0 Å². The van der Waals surface area contributed by atoms with Crippen LogP contribution in [-0.2, 0) is 20.4 Å². The van der Waals surface area contributed by atoms with Crippen LogP contribution in [0.1, 0.15) is 30.3 Å². The molecule has 0 aliphatic rings. The summed E-state index contributed by atoms with van der Waals surface area (Å²) in [6, 6.07) is 2.85. The summed E-state index contributed by atoms with van der Waals surface area (Å²) in [6.07, 6.45) is 4.44. The Morgan fingerprint density at radius 3 is 2.51 bits per heavy atom. The number of aliphatic hydroxyl groups is 1. The molecule has 1 aromatic carbocycles. The minimum atomic E-state index is -4.74. The number of nitrogens with two attached hydrogens (primary N) is 1. The number of rotatable bonds is 11.